The van der Waals surface area contributed by atoms with Gasteiger partial charge in [0.15, 0.2) is 5.78 Å². The Hall–Kier alpha value is -4.46. The number of ether oxygens (including phenoxy) is 2. The van der Waals surface area contributed by atoms with Crippen LogP contribution < -0.4 is 14.4 Å². The Morgan fingerprint density at radius 1 is 0.897 bits per heavy atom. The van der Waals surface area contributed by atoms with Gasteiger partial charge in [-0.25, -0.2) is 4.90 Å². The minimum absolute atomic E-state index is 0.255. The van der Waals surface area contributed by atoms with Gasteiger partial charge in [0.1, 0.15) is 17.5 Å². The van der Waals surface area contributed by atoms with Gasteiger partial charge in [-0.1, -0.05) is 37.6 Å². The van der Waals surface area contributed by atoms with Gasteiger partial charge in [0.05, 0.1) is 43.5 Å². The number of benzene rings is 3. The summed E-state index contributed by atoms with van der Waals surface area (Å²) in [6.07, 6.45) is 3.67. The summed E-state index contributed by atoms with van der Waals surface area (Å²) >= 11 is 0. The van der Waals surface area contributed by atoms with E-state index in [2.05, 4.69) is 12.0 Å². The second kappa shape index (κ2) is 10.0. The lowest BCUT2D eigenvalue weighted by molar-refractivity contribution is -0.124. The van der Waals surface area contributed by atoms with Crippen molar-refractivity contribution in [3.05, 3.63) is 89.5 Å². The molecule has 4 atom stereocenters. The van der Waals surface area contributed by atoms with Crippen molar-refractivity contribution in [1.29, 1.82) is 0 Å². The zero-order valence-electron chi connectivity index (χ0n) is 21.8. The predicted molar refractivity (Wildman–Crippen MR) is 146 cm³/mol. The van der Waals surface area contributed by atoms with Crippen LogP contribution in [-0.2, 0) is 9.59 Å². The molecule has 3 aromatic rings. The molecule has 2 saturated heterocycles. The number of hydrogen-bond acceptors (Lipinski definition) is 7. The zero-order chi connectivity index (χ0) is 27.1. The second-order valence-corrected chi connectivity index (χ2v) is 10.00. The molecule has 198 valence electrons. The number of amides is 2. The molecule has 0 N–H and O–H groups in total. The Balaban J connectivity index is 1.38. The Morgan fingerprint density at radius 3 is 2.31 bits per heavy atom. The summed E-state index contributed by atoms with van der Waals surface area (Å²) in [4.78, 5) is 43.2. The molecule has 0 bridgehead atoms. The number of nitrogens with zero attached hydrogens (tertiary/aromatic N) is 3. The molecule has 3 aromatic carbocycles. The summed E-state index contributed by atoms with van der Waals surface area (Å²) in [5, 5.41) is 6.28. The minimum Gasteiger partial charge on any atom is -0.497 e. The van der Waals surface area contributed by atoms with E-state index >= 15 is 0 Å². The van der Waals surface area contributed by atoms with Crippen molar-refractivity contribution in [1.82, 2.24) is 5.01 Å². The maximum atomic E-state index is 14.0. The molecule has 0 radical (unpaired) electrons. The Labute approximate surface area is 226 Å². The Kier molecular flexibility index (Phi) is 6.38. The van der Waals surface area contributed by atoms with Crippen molar-refractivity contribution < 1.29 is 23.9 Å². The van der Waals surface area contributed by atoms with Gasteiger partial charge in [0.2, 0.25) is 11.8 Å². The number of hydrogen-bond donors (Lipinski definition) is 0. The number of fused-ring (bicyclic) bond motifs is 5. The van der Waals surface area contributed by atoms with Crippen LogP contribution in [0.1, 0.15) is 47.3 Å². The van der Waals surface area contributed by atoms with Gasteiger partial charge >= 0.3 is 0 Å². The van der Waals surface area contributed by atoms with Gasteiger partial charge < -0.3 is 9.47 Å². The first-order valence-electron chi connectivity index (χ1n) is 13.2. The van der Waals surface area contributed by atoms with Crippen LogP contribution in [0.3, 0.4) is 0 Å². The predicted octanol–water partition coefficient (Wildman–Crippen LogP) is 4.64. The number of anilines is 1. The molecular formula is C31H29N3O5. The third-order valence-corrected chi connectivity index (χ3v) is 7.80. The first-order valence-corrected chi connectivity index (χ1v) is 13.2. The van der Waals surface area contributed by atoms with Crippen LogP contribution in [0.5, 0.6) is 11.5 Å². The van der Waals surface area contributed by atoms with Crippen molar-refractivity contribution in [3.8, 4) is 11.5 Å². The summed E-state index contributed by atoms with van der Waals surface area (Å²) in [5.74, 6) is -1.28. The SMILES string of the molecule is CCCCOc1ccc(N2C(=O)[C@H]3[C@@H](C2=O)C2c4ccccc4C=NN2[C@H]3C(=O)c2ccc(OC)cc2)cc1. The summed E-state index contributed by atoms with van der Waals surface area (Å²) in [7, 11) is 1.56. The second-order valence-electron chi connectivity index (χ2n) is 10.00. The van der Waals surface area contributed by atoms with Crippen LogP contribution in [0.25, 0.3) is 0 Å². The maximum Gasteiger partial charge on any atom is 0.240 e. The van der Waals surface area contributed by atoms with Crippen molar-refractivity contribution in [3.63, 3.8) is 0 Å². The highest BCUT2D eigenvalue weighted by molar-refractivity contribution is 6.24. The van der Waals surface area contributed by atoms with Gasteiger partial charge in [0, 0.05) is 5.56 Å². The number of unbranched alkanes of at least 4 members (excludes halogenated alkanes) is 1. The quantitative estimate of drug-likeness (QED) is 0.243. The minimum atomic E-state index is -0.920. The lowest BCUT2D eigenvalue weighted by Gasteiger charge is -2.33. The van der Waals surface area contributed by atoms with Gasteiger partial charge in [-0.15, -0.1) is 0 Å². The number of rotatable bonds is 8. The average Bonchev–Trinajstić information content (AvgIpc) is 3.45. The monoisotopic (exact) mass is 523 g/mol. The van der Waals surface area contributed by atoms with E-state index in [-0.39, 0.29) is 11.7 Å². The molecule has 3 heterocycles. The number of ketones is 1. The highest BCUT2D eigenvalue weighted by Crippen LogP contribution is 2.53. The summed E-state index contributed by atoms with van der Waals surface area (Å²) in [6, 6.07) is 20.0. The molecule has 3 aliphatic heterocycles. The summed E-state index contributed by atoms with van der Waals surface area (Å²) < 4.78 is 11.0. The number of carbonyl (C=O) groups excluding carboxylic acids is 3. The molecule has 8 heteroatoms. The maximum absolute atomic E-state index is 14.0. The van der Waals surface area contributed by atoms with E-state index in [0.29, 0.717) is 29.4 Å². The lowest BCUT2D eigenvalue weighted by Crippen LogP contribution is -2.44. The summed E-state index contributed by atoms with van der Waals surface area (Å²) in [5.41, 5.74) is 2.66. The van der Waals surface area contributed by atoms with Crippen LogP contribution in [0.4, 0.5) is 5.69 Å². The van der Waals surface area contributed by atoms with E-state index in [1.807, 2.05) is 24.3 Å². The van der Waals surface area contributed by atoms with Crippen molar-refractivity contribution in [2.45, 2.75) is 31.8 Å². The topological polar surface area (TPSA) is 88.5 Å². The van der Waals surface area contributed by atoms with Crippen molar-refractivity contribution in [2.75, 3.05) is 18.6 Å². The first kappa shape index (κ1) is 24.9. The van der Waals surface area contributed by atoms with Gasteiger partial charge in [-0.2, -0.15) is 5.10 Å². The van der Waals surface area contributed by atoms with Gasteiger partial charge in [0.25, 0.3) is 0 Å². The number of Topliss-reactive ketones (excluding diaryl/α,β-unsaturated/α-hetero) is 1. The normalized spacial score (nSPS) is 22.9. The highest BCUT2D eigenvalue weighted by atomic mass is 16.5. The molecule has 2 fully saturated rings. The van der Waals surface area contributed by atoms with Crippen molar-refractivity contribution >= 4 is 29.5 Å². The van der Waals surface area contributed by atoms with Crippen LogP contribution in [0.2, 0.25) is 0 Å². The number of imide groups is 1. The average molecular weight is 524 g/mol. The Bertz CT molecular complexity index is 1450. The molecule has 2 amide bonds. The molecule has 8 nitrogen and oxygen atoms in total. The van der Waals surface area contributed by atoms with Crippen LogP contribution >= 0.6 is 0 Å². The fourth-order valence-corrected chi connectivity index (χ4v) is 5.87. The highest BCUT2D eigenvalue weighted by Gasteiger charge is 2.65. The first-order chi connectivity index (χ1) is 19.0. The van der Waals surface area contributed by atoms with Crippen molar-refractivity contribution in [2.24, 2.45) is 16.9 Å². The molecule has 0 saturated carbocycles. The zero-order valence-corrected chi connectivity index (χ0v) is 21.8. The fourth-order valence-electron chi connectivity index (χ4n) is 5.87. The third-order valence-electron chi connectivity index (χ3n) is 7.80. The lowest BCUT2D eigenvalue weighted by atomic mass is 9.83. The molecule has 39 heavy (non-hydrogen) atoms. The summed E-state index contributed by atoms with van der Waals surface area (Å²) in [6.45, 7) is 2.70. The molecule has 0 aromatic heterocycles. The molecule has 3 aliphatic rings. The van der Waals surface area contributed by atoms with E-state index in [0.717, 1.165) is 24.0 Å². The smallest absolute Gasteiger partial charge is 0.240 e. The molecular weight excluding hydrogens is 494 g/mol. The fraction of sp³-hybridized carbons (Fsp3) is 0.290. The number of methoxy groups -OCH3 is 1. The van der Waals surface area contributed by atoms with E-state index in [1.54, 1.807) is 66.9 Å². The van der Waals surface area contributed by atoms with E-state index in [9.17, 15) is 14.4 Å². The van der Waals surface area contributed by atoms with Gasteiger partial charge in [-0.05, 0) is 66.1 Å². The molecule has 1 unspecified atom stereocenters. The third kappa shape index (κ3) is 4.07. The van der Waals surface area contributed by atoms with Crippen LogP contribution in [0.15, 0.2) is 77.9 Å². The number of hydrazone groups is 1. The number of carbonyl (C=O) groups is 3. The van der Waals surface area contributed by atoms with E-state index < -0.39 is 29.8 Å². The largest absolute Gasteiger partial charge is 0.497 e. The molecule has 0 aliphatic carbocycles. The van der Waals surface area contributed by atoms with Crippen LogP contribution in [-0.4, -0.2) is 48.6 Å². The van der Waals surface area contributed by atoms with E-state index in [4.69, 9.17) is 9.47 Å². The Morgan fingerprint density at radius 2 is 1.59 bits per heavy atom. The molecule has 6 rings (SSSR count). The van der Waals surface area contributed by atoms with Crippen LogP contribution in [0, 0.1) is 11.8 Å². The van der Waals surface area contributed by atoms with Gasteiger partial charge in [-0.3, -0.25) is 19.4 Å². The standard InChI is InChI=1S/C31H29N3O5/c1-3-4-17-39-23-15-11-21(12-16-23)33-30(36)25-26(31(33)37)28(29(35)19-9-13-22(38-2)14-10-19)34-27(25)24-8-6-5-7-20(24)18-32-34/h5-16,18,25-28H,3-4,17H2,1-2H3/t25-,26+,27?,28-/m1/s1. The van der Waals surface area contributed by atoms with E-state index in [1.165, 1.54) is 4.90 Å². The molecule has 0 spiro atoms.